The van der Waals surface area contributed by atoms with Gasteiger partial charge in [-0.1, -0.05) is 0 Å². The summed E-state index contributed by atoms with van der Waals surface area (Å²) in [5.41, 5.74) is -0.472. The van der Waals surface area contributed by atoms with Gasteiger partial charge in [0.05, 0.1) is 12.7 Å². The van der Waals surface area contributed by atoms with Crippen molar-refractivity contribution in [3.8, 4) is 0 Å². The van der Waals surface area contributed by atoms with Crippen LogP contribution in [0.25, 0.3) is 0 Å². The Balaban J connectivity index is 1.56. The van der Waals surface area contributed by atoms with E-state index in [0.29, 0.717) is 26.2 Å². The summed E-state index contributed by atoms with van der Waals surface area (Å²) in [5.74, 6) is -0.0943. The lowest BCUT2D eigenvalue weighted by Gasteiger charge is -2.35. The zero-order chi connectivity index (χ0) is 20.6. The van der Waals surface area contributed by atoms with Gasteiger partial charge < -0.3 is 24.4 Å². The molecular formula is C20H37N3O5. The van der Waals surface area contributed by atoms with Crippen molar-refractivity contribution in [2.75, 3.05) is 52.5 Å². The molecule has 8 heteroatoms. The van der Waals surface area contributed by atoms with Gasteiger partial charge in [0.1, 0.15) is 11.7 Å². The van der Waals surface area contributed by atoms with Gasteiger partial charge in [-0.3, -0.25) is 9.69 Å². The molecule has 2 amide bonds. The smallest absolute Gasteiger partial charge is 0.410 e. The fourth-order valence-corrected chi connectivity index (χ4v) is 3.23. The third-order valence-corrected chi connectivity index (χ3v) is 4.93. The molecule has 2 atom stereocenters. The molecule has 0 radical (unpaired) electrons. The SMILES string of the molecule is CC(OCC1CCCCO1)C(=O)NCCN1CCN(C(=O)OC(C)(C)C)CC1. The minimum Gasteiger partial charge on any atom is -0.444 e. The standard InChI is InChI=1S/C20H37N3O5/c1-16(27-15-17-7-5-6-14-26-17)18(24)21-8-9-22-10-12-23(13-11-22)19(25)28-20(2,3)4/h16-17H,5-15H2,1-4H3,(H,21,24). The minimum absolute atomic E-state index is 0.0943. The Morgan fingerprint density at radius 2 is 1.89 bits per heavy atom. The molecule has 2 aliphatic heterocycles. The van der Waals surface area contributed by atoms with Crippen molar-refractivity contribution in [2.24, 2.45) is 0 Å². The van der Waals surface area contributed by atoms with E-state index in [1.807, 2.05) is 20.8 Å². The van der Waals surface area contributed by atoms with Crippen molar-refractivity contribution in [1.82, 2.24) is 15.1 Å². The normalized spacial score (nSPS) is 22.6. The molecular weight excluding hydrogens is 362 g/mol. The number of piperazine rings is 1. The fourth-order valence-electron chi connectivity index (χ4n) is 3.23. The van der Waals surface area contributed by atoms with Gasteiger partial charge in [-0.15, -0.1) is 0 Å². The summed E-state index contributed by atoms with van der Waals surface area (Å²) in [5, 5.41) is 2.93. The summed E-state index contributed by atoms with van der Waals surface area (Å²) >= 11 is 0. The van der Waals surface area contributed by atoms with Gasteiger partial charge in [0.15, 0.2) is 0 Å². The highest BCUT2D eigenvalue weighted by molar-refractivity contribution is 5.80. The molecule has 0 aromatic heterocycles. The van der Waals surface area contributed by atoms with Crippen molar-refractivity contribution in [3.05, 3.63) is 0 Å². The minimum atomic E-state index is -0.477. The predicted molar refractivity (Wildman–Crippen MR) is 106 cm³/mol. The molecule has 0 aromatic carbocycles. The van der Waals surface area contributed by atoms with Gasteiger partial charge >= 0.3 is 6.09 Å². The van der Waals surface area contributed by atoms with E-state index in [1.54, 1.807) is 11.8 Å². The lowest BCUT2D eigenvalue weighted by atomic mass is 10.1. The second-order valence-electron chi connectivity index (χ2n) is 8.56. The Kier molecular flexibility index (Phi) is 8.98. The zero-order valence-corrected chi connectivity index (χ0v) is 17.9. The molecule has 2 rings (SSSR count). The number of hydrogen-bond acceptors (Lipinski definition) is 6. The largest absolute Gasteiger partial charge is 0.444 e. The van der Waals surface area contributed by atoms with E-state index in [2.05, 4.69) is 10.2 Å². The van der Waals surface area contributed by atoms with E-state index < -0.39 is 11.7 Å². The van der Waals surface area contributed by atoms with Crippen LogP contribution < -0.4 is 5.32 Å². The van der Waals surface area contributed by atoms with Crippen LogP contribution >= 0.6 is 0 Å². The molecule has 0 aliphatic carbocycles. The van der Waals surface area contributed by atoms with Crippen molar-refractivity contribution in [2.45, 2.75) is 64.8 Å². The maximum atomic E-state index is 12.2. The topological polar surface area (TPSA) is 80.3 Å². The van der Waals surface area contributed by atoms with Crippen LogP contribution in [-0.2, 0) is 19.0 Å². The average molecular weight is 400 g/mol. The second-order valence-corrected chi connectivity index (χ2v) is 8.56. The van der Waals surface area contributed by atoms with Gasteiger partial charge in [0.2, 0.25) is 5.91 Å². The molecule has 2 fully saturated rings. The first-order chi connectivity index (χ1) is 13.2. The third kappa shape index (κ3) is 8.32. The number of hydrogen-bond donors (Lipinski definition) is 1. The van der Waals surface area contributed by atoms with Gasteiger partial charge in [-0.2, -0.15) is 0 Å². The Bertz CT molecular complexity index is 495. The van der Waals surface area contributed by atoms with Crippen LogP contribution in [0, 0.1) is 0 Å². The summed E-state index contributed by atoms with van der Waals surface area (Å²) < 4.78 is 16.7. The quantitative estimate of drug-likeness (QED) is 0.701. The van der Waals surface area contributed by atoms with Crippen molar-refractivity contribution < 1.29 is 23.8 Å². The number of nitrogens with zero attached hydrogens (tertiary/aromatic N) is 2. The van der Waals surface area contributed by atoms with E-state index in [-0.39, 0.29) is 18.1 Å². The molecule has 8 nitrogen and oxygen atoms in total. The average Bonchev–Trinajstić information content (AvgIpc) is 2.66. The van der Waals surface area contributed by atoms with Crippen molar-refractivity contribution in [1.29, 1.82) is 0 Å². The van der Waals surface area contributed by atoms with Crippen LogP contribution in [0.4, 0.5) is 4.79 Å². The Labute approximate surface area is 168 Å². The van der Waals surface area contributed by atoms with Gasteiger partial charge in [-0.25, -0.2) is 4.79 Å². The van der Waals surface area contributed by atoms with E-state index in [0.717, 1.165) is 45.5 Å². The predicted octanol–water partition coefficient (Wildman–Crippen LogP) is 1.63. The first kappa shape index (κ1) is 22.9. The van der Waals surface area contributed by atoms with E-state index >= 15 is 0 Å². The van der Waals surface area contributed by atoms with E-state index in [1.165, 1.54) is 0 Å². The monoisotopic (exact) mass is 399 g/mol. The lowest BCUT2D eigenvalue weighted by molar-refractivity contribution is -0.135. The Hall–Kier alpha value is -1.38. The van der Waals surface area contributed by atoms with Crippen LogP contribution in [0.3, 0.4) is 0 Å². The van der Waals surface area contributed by atoms with Gasteiger partial charge in [0.25, 0.3) is 0 Å². The highest BCUT2D eigenvalue weighted by atomic mass is 16.6. The molecule has 2 heterocycles. The van der Waals surface area contributed by atoms with Crippen LogP contribution in [0.1, 0.15) is 47.0 Å². The maximum absolute atomic E-state index is 12.2. The summed E-state index contributed by atoms with van der Waals surface area (Å²) in [7, 11) is 0. The van der Waals surface area contributed by atoms with Gasteiger partial charge in [0, 0.05) is 45.9 Å². The highest BCUT2D eigenvalue weighted by Crippen LogP contribution is 2.14. The third-order valence-electron chi connectivity index (χ3n) is 4.93. The number of carbonyl (C=O) groups is 2. The molecule has 0 saturated carbocycles. The van der Waals surface area contributed by atoms with Crippen LogP contribution in [0.15, 0.2) is 0 Å². The van der Waals surface area contributed by atoms with Crippen LogP contribution in [-0.4, -0.2) is 92.1 Å². The molecule has 0 bridgehead atoms. The molecule has 2 saturated heterocycles. The first-order valence-corrected chi connectivity index (χ1v) is 10.5. The zero-order valence-electron chi connectivity index (χ0n) is 17.9. The molecule has 2 unspecified atom stereocenters. The first-order valence-electron chi connectivity index (χ1n) is 10.5. The molecule has 0 spiro atoms. The molecule has 28 heavy (non-hydrogen) atoms. The van der Waals surface area contributed by atoms with E-state index in [9.17, 15) is 9.59 Å². The molecule has 0 aromatic rings. The number of ether oxygens (including phenoxy) is 3. The van der Waals surface area contributed by atoms with E-state index in [4.69, 9.17) is 14.2 Å². The van der Waals surface area contributed by atoms with Gasteiger partial charge in [-0.05, 0) is 47.0 Å². The number of nitrogens with one attached hydrogen (secondary N) is 1. The second kappa shape index (κ2) is 11.0. The van der Waals surface area contributed by atoms with Crippen molar-refractivity contribution >= 4 is 12.0 Å². The molecule has 2 aliphatic rings. The highest BCUT2D eigenvalue weighted by Gasteiger charge is 2.26. The fraction of sp³-hybridized carbons (Fsp3) is 0.900. The molecule has 162 valence electrons. The van der Waals surface area contributed by atoms with Crippen LogP contribution in [0.5, 0.6) is 0 Å². The summed E-state index contributed by atoms with van der Waals surface area (Å²) in [6.45, 7) is 12.8. The summed E-state index contributed by atoms with van der Waals surface area (Å²) in [4.78, 5) is 28.2. The summed E-state index contributed by atoms with van der Waals surface area (Å²) in [6.07, 6.45) is 2.66. The lowest BCUT2D eigenvalue weighted by Crippen LogP contribution is -2.51. The number of rotatable bonds is 7. The number of carbonyl (C=O) groups excluding carboxylic acids is 2. The maximum Gasteiger partial charge on any atom is 0.410 e. The van der Waals surface area contributed by atoms with Crippen molar-refractivity contribution in [3.63, 3.8) is 0 Å². The molecule has 1 N–H and O–H groups in total. The Morgan fingerprint density at radius 3 is 2.50 bits per heavy atom. The van der Waals surface area contributed by atoms with Crippen LogP contribution in [0.2, 0.25) is 0 Å². The summed E-state index contributed by atoms with van der Waals surface area (Å²) in [6, 6.07) is 0. The number of amides is 2. The Morgan fingerprint density at radius 1 is 1.18 bits per heavy atom.